The maximum atomic E-state index is 9.12. The summed E-state index contributed by atoms with van der Waals surface area (Å²) >= 11 is 0. The predicted octanol–water partition coefficient (Wildman–Crippen LogP) is 22.1. The Kier molecular flexibility index (Phi) is 12.7. The molecule has 0 N–H and O–H groups in total. The van der Waals surface area contributed by atoms with E-state index in [2.05, 4.69) is 277 Å². The number of rotatable bonds is 8. The summed E-state index contributed by atoms with van der Waals surface area (Å²) < 4.78 is 36.5. The molecule has 1 aliphatic carbocycles. The lowest BCUT2D eigenvalue weighted by molar-refractivity contribution is 0.333. The third kappa shape index (κ3) is 10.2. The summed E-state index contributed by atoms with van der Waals surface area (Å²) in [6.45, 7) is 34.9. The van der Waals surface area contributed by atoms with Gasteiger partial charge in [-0.2, -0.15) is 0 Å². The Morgan fingerprint density at radius 3 is 1.69 bits per heavy atom. The van der Waals surface area contributed by atoms with Crippen molar-refractivity contribution in [1.82, 2.24) is 9.55 Å². The molecular formula is C79H86N4O. The molecule has 2 aromatic heterocycles. The lowest BCUT2D eigenvalue weighted by Gasteiger charge is -2.43. The highest BCUT2D eigenvalue weighted by molar-refractivity contribution is 6.10. The van der Waals surface area contributed by atoms with Crippen LogP contribution in [-0.2, 0) is 32.5 Å². The molecule has 12 rings (SSSR count). The highest BCUT2D eigenvalue weighted by atomic mass is 16.5. The summed E-state index contributed by atoms with van der Waals surface area (Å²) in [6.07, 6.45) is 3.88. The molecule has 0 fully saturated rings. The van der Waals surface area contributed by atoms with Crippen molar-refractivity contribution in [2.75, 3.05) is 16.5 Å². The van der Waals surface area contributed by atoms with E-state index in [1.807, 2.05) is 24.4 Å². The zero-order chi connectivity index (χ0) is 62.1. The molecule has 10 aromatic rings. The molecule has 2 aliphatic rings. The topological polar surface area (TPSA) is 33.5 Å². The van der Waals surface area contributed by atoms with E-state index in [1.54, 1.807) is 0 Å². The van der Waals surface area contributed by atoms with Gasteiger partial charge in [-0.05, 0) is 168 Å². The molecule has 84 heavy (non-hydrogen) atoms. The molecule has 0 spiro atoms. The van der Waals surface area contributed by atoms with Crippen LogP contribution in [0.1, 0.15) is 167 Å². The number of pyridine rings is 1. The standard InChI is InChI=1S/C79H86N4O/c1-50-39-71(80-48-65(50)62-29-24-30-66-72(62)79(16,17)38-37-78(66,14)15)83-69-45-53(74(2,3)4)33-35-60(69)61-36-34-59(47-70(61)83)84-58-28-23-27-57(46-58)81-49-82(68-32-22-21-31-67(68)81)73-63(51-25-19-18-20-26-51)43-56(77(11,12)13)44-64(73)52-40-54(75(5,6)7)42-55(41-52)76(8,9)10/h18-36,39-48H,37-38,49H2,1-17H3/i1D3. The van der Waals surface area contributed by atoms with Crippen LogP contribution in [0.25, 0.3) is 61.0 Å². The van der Waals surface area contributed by atoms with Gasteiger partial charge in [-0.15, -0.1) is 0 Å². The monoisotopic (exact) mass is 1110 g/mol. The molecule has 0 saturated carbocycles. The lowest BCUT2D eigenvalue weighted by atomic mass is 9.61. The second kappa shape index (κ2) is 20.1. The van der Waals surface area contributed by atoms with Crippen molar-refractivity contribution in [3.05, 3.63) is 215 Å². The summed E-state index contributed by atoms with van der Waals surface area (Å²) in [7, 11) is 0. The second-order valence-electron chi connectivity index (χ2n) is 29.5. The van der Waals surface area contributed by atoms with E-state index in [9.17, 15) is 0 Å². The number of benzene rings is 8. The van der Waals surface area contributed by atoms with Gasteiger partial charge in [0.1, 0.15) is 24.0 Å². The summed E-state index contributed by atoms with van der Waals surface area (Å²) in [5.41, 5.74) is 19.9. The maximum absolute atomic E-state index is 9.12. The molecule has 1 aliphatic heterocycles. The molecule has 0 bridgehead atoms. The first-order chi connectivity index (χ1) is 40.8. The predicted molar refractivity (Wildman–Crippen MR) is 358 cm³/mol. The molecule has 3 heterocycles. The molecule has 0 saturated heterocycles. The first kappa shape index (κ1) is 52.9. The Hall–Kier alpha value is -7.89. The number of aromatic nitrogens is 2. The van der Waals surface area contributed by atoms with E-state index < -0.39 is 6.85 Å². The lowest BCUT2D eigenvalue weighted by Crippen LogP contribution is -2.34. The minimum absolute atomic E-state index is 0.0434. The summed E-state index contributed by atoms with van der Waals surface area (Å²) in [5, 5.41) is 2.07. The van der Waals surface area contributed by atoms with Crippen molar-refractivity contribution in [1.29, 1.82) is 0 Å². The minimum Gasteiger partial charge on any atom is -0.457 e. The Morgan fingerprint density at radius 1 is 0.464 bits per heavy atom. The first-order valence-electron chi connectivity index (χ1n) is 31.8. The van der Waals surface area contributed by atoms with Gasteiger partial charge < -0.3 is 14.5 Å². The minimum atomic E-state index is -2.43. The third-order valence-corrected chi connectivity index (χ3v) is 18.3. The number of ether oxygens (including phenoxy) is 1. The molecule has 0 atom stereocenters. The van der Waals surface area contributed by atoms with Crippen LogP contribution < -0.4 is 14.5 Å². The van der Waals surface area contributed by atoms with Crippen molar-refractivity contribution < 1.29 is 8.85 Å². The summed E-state index contributed by atoms with van der Waals surface area (Å²) in [5.74, 6) is 1.89. The number of anilines is 4. The quantitative estimate of drug-likeness (QED) is 0.152. The Balaban J connectivity index is 0.973. The van der Waals surface area contributed by atoms with Crippen LogP contribution in [0.2, 0.25) is 0 Å². The van der Waals surface area contributed by atoms with Crippen LogP contribution in [0.15, 0.2) is 176 Å². The summed E-state index contributed by atoms with van der Waals surface area (Å²) in [6, 6.07) is 61.5. The van der Waals surface area contributed by atoms with Gasteiger partial charge in [0.15, 0.2) is 0 Å². The van der Waals surface area contributed by atoms with Crippen LogP contribution in [0.3, 0.4) is 0 Å². The van der Waals surface area contributed by atoms with E-state index in [0.29, 0.717) is 29.5 Å². The maximum Gasteiger partial charge on any atom is 0.137 e. The van der Waals surface area contributed by atoms with Gasteiger partial charge in [-0.25, -0.2) is 4.98 Å². The van der Waals surface area contributed by atoms with Crippen LogP contribution >= 0.6 is 0 Å². The van der Waals surface area contributed by atoms with Crippen molar-refractivity contribution in [2.24, 2.45) is 0 Å². The van der Waals surface area contributed by atoms with Gasteiger partial charge in [0, 0.05) is 55.6 Å². The van der Waals surface area contributed by atoms with Gasteiger partial charge in [0.2, 0.25) is 0 Å². The number of fused-ring (bicyclic) bond motifs is 5. The number of para-hydroxylation sites is 2. The van der Waals surface area contributed by atoms with Crippen LogP contribution in [0, 0.1) is 6.85 Å². The van der Waals surface area contributed by atoms with Crippen molar-refractivity contribution in [2.45, 2.75) is 163 Å². The molecule has 5 heteroatoms. The van der Waals surface area contributed by atoms with Gasteiger partial charge in [0.05, 0.1) is 28.1 Å². The zero-order valence-corrected chi connectivity index (χ0v) is 52.6. The van der Waals surface area contributed by atoms with E-state index in [0.717, 1.165) is 57.3 Å². The Morgan fingerprint density at radius 2 is 1.04 bits per heavy atom. The molecule has 0 amide bonds. The highest BCUT2D eigenvalue weighted by Crippen LogP contribution is 2.54. The zero-order valence-electron chi connectivity index (χ0n) is 55.6. The molecule has 428 valence electrons. The van der Waals surface area contributed by atoms with Gasteiger partial charge in [0.25, 0.3) is 0 Å². The average molecular weight is 1110 g/mol. The molecule has 0 radical (unpaired) electrons. The fourth-order valence-corrected chi connectivity index (χ4v) is 13.1. The Bertz CT molecular complexity index is 4290. The fourth-order valence-electron chi connectivity index (χ4n) is 13.1. The van der Waals surface area contributed by atoms with Crippen LogP contribution in [0.5, 0.6) is 11.5 Å². The highest BCUT2D eigenvalue weighted by Gasteiger charge is 2.39. The second-order valence-corrected chi connectivity index (χ2v) is 29.5. The molecule has 8 aromatic carbocycles. The van der Waals surface area contributed by atoms with Crippen molar-refractivity contribution >= 4 is 44.6 Å². The largest absolute Gasteiger partial charge is 0.457 e. The molecular weight excluding hydrogens is 1020 g/mol. The first-order valence-corrected chi connectivity index (χ1v) is 30.3. The SMILES string of the molecule is [2H]C([2H])([2H])c1cc(-n2c3cc(Oc4cccc(N5CN(c6c(-c7ccccc7)cc(C(C)(C)C)cc6-c6cc(C(C)(C)C)cc(C(C)(C)C)c6)c6ccccc65)c4)ccc3c3ccc(C(C)(C)C)cc32)ncc1-c1cccc2c1C(C)(C)CCC2(C)C. The van der Waals surface area contributed by atoms with Gasteiger partial charge in [-0.1, -0.05) is 208 Å². The number of nitrogens with zero attached hydrogens (tertiary/aromatic N) is 4. The molecule has 5 nitrogen and oxygen atoms in total. The number of hydrogen-bond acceptors (Lipinski definition) is 4. The third-order valence-electron chi connectivity index (χ3n) is 18.3. The molecule has 0 unspecified atom stereocenters. The normalized spacial score (nSPS) is 15.9. The van der Waals surface area contributed by atoms with E-state index in [4.69, 9.17) is 13.8 Å². The Labute approximate surface area is 505 Å². The fraction of sp³-hybridized carbons (Fsp3) is 0.329. The van der Waals surface area contributed by atoms with Gasteiger partial charge in [-0.3, -0.25) is 4.57 Å². The van der Waals surface area contributed by atoms with E-state index in [1.165, 1.54) is 61.3 Å². The van der Waals surface area contributed by atoms with Gasteiger partial charge >= 0.3 is 0 Å². The smallest absolute Gasteiger partial charge is 0.137 e. The van der Waals surface area contributed by atoms with Crippen molar-refractivity contribution in [3.63, 3.8) is 0 Å². The summed E-state index contributed by atoms with van der Waals surface area (Å²) in [4.78, 5) is 10.2. The van der Waals surface area contributed by atoms with E-state index in [-0.39, 0.29) is 38.1 Å². The number of hydrogen-bond donors (Lipinski definition) is 0. The van der Waals surface area contributed by atoms with Crippen LogP contribution in [0.4, 0.5) is 22.7 Å². The number of aryl methyl sites for hydroxylation is 1. The van der Waals surface area contributed by atoms with E-state index >= 15 is 0 Å². The average Bonchev–Trinajstić information content (AvgIpc) is 1.77. The van der Waals surface area contributed by atoms with Crippen LogP contribution in [-0.4, -0.2) is 16.2 Å². The van der Waals surface area contributed by atoms with Crippen molar-refractivity contribution in [3.8, 4) is 50.7 Å².